The van der Waals surface area contributed by atoms with E-state index < -0.39 is 23.4 Å². The van der Waals surface area contributed by atoms with Crippen LogP contribution in [0.4, 0.5) is 13.2 Å². The van der Waals surface area contributed by atoms with E-state index >= 15 is 0 Å². The lowest BCUT2D eigenvalue weighted by molar-refractivity contribution is -0.137. The van der Waals surface area contributed by atoms with Gasteiger partial charge in [0.2, 0.25) is 0 Å². The molecule has 5 nitrogen and oxygen atoms in total. The van der Waals surface area contributed by atoms with E-state index in [0.29, 0.717) is 28.6 Å². The molecular weight excluding hydrogens is 421 g/mol. The number of halogens is 3. The Morgan fingerprint density at radius 1 is 1.00 bits per heavy atom. The molecule has 0 radical (unpaired) electrons. The zero-order valence-corrected chi connectivity index (χ0v) is 17.1. The maximum absolute atomic E-state index is 14.0. The highest BCUT2D eigenvalue weighted by atomic mass is 19.1. The highest BCUT2D eigenvalue weighted by Crippen LogP contribution is 2.29. The van der Waals surface area contributed by atoms with Crippen LogP contribution < -0.4 is 5.56 Å². The molecule has 4 aromatic rings. The van der Waals surface area contributed by atoms with E-state index in [4.69, 9.17) is 0 Å². The summed E-state index contributed by atoms with van der Waals surface area (Å²) in [6, 6.07) is 10.2. The van der Waals surface area contributed by atoms with Gasteiger partial charge in [-0.25, -0.2) is 13.2 Å². The van der Waals surface area contributed by atoms with Gasteiger partial charge in [-0.15, -0.1) is 0 Å². The number of pyridine rings is 1. The molecule has 1 N–H and O–H groups in total. The zero-order valence-electron chi connectivity index (χ0n) is 17.1. The second kappa shape index (κ2) is 8.37. The van der Waals surface area contributed by atoms with Gasteiger partial charge < -0.3 is 14.2 Å². The van der Waals surface area contributed by atoms with Crippen LogP contribution >= 0.6 is 0 Å². The van der Waals surface area contributed by atoms with Gasteiger partial charge in [-0.1, -0.05) is 6.07 Å². The van der Waals surface area contributed by atoms with E-state index in [1.165, 1.54) is 28.8 Å². The minimum absolute atomic E-state index is 0.0422. The van der Waals surface area contributed by atoms with Crippen molar-refractivity contribution >= 4 is 16.9 Å². The first kappa shape index (κ1) is 21.4. The molecule has 32 heavy (non-hydrogen) atoms. The van der Waals surface area contributed by atoms with Crippen molar-refractivity contribution in [1.82, 2.24) is 9.13 Å². The van der Waals surface area contributed by atoms with E-state index in [1.54, 1.807) is 23.8 Å². The molecule has 0 amide bonds. The van der Waals surface area contributed by atoms with Gasteiger partial charge in [0.25, 0.3) is 5.56 Å². The van der Waals surface area contributed by atoms with Crippen molar-refractivity contribution in [3.8, 4) is 0 Å². The van der Waals surface area contributed by atoms with Gasteiger partial charge in [0.15, 0.2) is 0 Å². The number of nitrogens with zero attached hydrogens (tertiary/aromatic N) is 2. The first-order valence-corrected chi connectivity index (χ1v) is 9.85. The number of benzene rings is 2. The molecule has 4 rings (SSSR count). The fourth-order valence-corrected chi connectivity index (χ4v) is 3.95. The quantitative estimate of drug-likeness (QED) is 0.488. The topological polar surface area (TPSA) is 64.2 Å². The highest BCUT2D eigenvalue weighted by molar-refractivity contribution is 5.87. The molecule has 0 atom stereocenters. The molecule has 0 spiro atoms. The Labute approximate surface area is 181 Å². The molecule has 8 heteroatoms. The van der Waals surface area contributed by atoms with E-state index in [2.05, 4.69) is 0 Å². The molecule has 0 saturated carbocycles. The highest BCUT2D eigenvalue weighted by Gasteiger charge is 2.17. The third kappa shape index (κ3) is 4.16. The van der Waals surface area contributed by atoms with Crippen molar-refractivity contribution in [2.24, 2.45) is 0 Å². The molecule has 0 aliphatic carbocycles. The fourth-order valence-electron chi connectivity index (χ4n) is 3.95. The van der Waals surface area contributed by atoms with Crippen LogP contribution in [0.25, 0.3) is 10.9 Å². The van der Waals surface area contributed by atoms with Gasteiger partial charge in [-0.2, -0.15) is 0 Å². The van der Waals surface area contributed by atoms with Crippen LogP contribution in [-0.4, -0.2) is 20.2 Å². The summed E-state index contributed by atoms with van der Waals surface area (Å²) in [6.07, 6.45) is 1.84. The van der Waals surface area contributed by atoms with Crippen LogP contribution in [0.15, 0.2) is 59.5 Å². The van der Waals surface area contributed by atoms with Crippen molar-refractivity contribution in [2.75, 3.05) is 0 Å². The van der Waals surface area contributed by atoms with Crippen LogP contribution in [0, 0.1) is 24.4 Å². The lowest BCUT2D eigenvalue weighted by Crippen LogP contribution is -2.20. The van der Waals surface area contributed by atoms with E-state index in [0.717, 1.165) is 23.8 Å². The minimum atomic E-state index is -1.02. The average Bonchev–Trinajstić information content (AvgIpc) is 2.97. The summed E-state index contributed by atoms with van der Waals surface area (Å²) in [5, 5.41) is 9.84. The number of carbonyl (C=O) groups is 1. The Bertz CT molecular complexity index is 1410. The van der Waals surface area contributed by atoms with E-state index in [9.17, 15) is 27.9 Å². The molecule has 0 saturated heterocycles. The van der Waals surface area contributed by atoms with Gasteiger partial charge in [-0.3, -0.25) is 9.59 Å². The van der Waals surface area contributed by atoms with Crippen molar-refractivity contribution in [3.63, 3.8) is 0 Å². The molecule has 2 aromatic carbocycles. The number of aliphatic carboxylic acids is 1. The molecule has 164 valence electrons. The molecule has 2 heterocycles. The Kier molecular flexibility index (Phi) is 5.61. The van der Waals surface area contributed by atoms with Gasteiger partial charge >= 0.3 is 5.97 Å². The zero-order chi connectivity index (χ0) is 23.0. The second-order valence-electron chi connectivity index (χ2n) is 7.62. The Morgan fingerprint density at radius 3 is 2.47 bits per heavy atom. The number of aromatic nitrogens is 2. The monoisotopic (exact) mass is 440 g/mol. The van der Waals surface area contributed by atoms with Crippen LogP contribution in [-0.2, 0) is 24.3 Å². The Hall–Kier alpha value is -3.81. The van der Waals surface area contributed by atoms with E-state index in [1.807, 2.05) is 0 Å². The van der Waals surface area contributed by atoms with Crippen molar-refractivity contribution < 1.29 is 23.1 Å². The fraction of sp³-hybridized carbons (Fsp3) is 0.167. The smallest absolute Gasteiger partial charge is 0.323 e. The molecule has 2 aromatic heterocycles. The largest absolute Gasteiger partial charge is 0.480 e. The number of fused-ring (bicyclic) bond motifs is 1. The molecule has 0 bridgehead atoms. The van der Waals surface area contributed by atoms with Crippen LogP contribution in [0.5, 0.6) is 0 Å². The van der Waals surface area contributed by atoms with Crippen LogP contribution in [0.3, 0.4) is 0 Å². The van der Waals surface area contributed by atoms with Crippen LogP contribution in [0.2, 0.25) is 0 Å². The summed E-state index contributed by atoms with van der Waals surface area (Å²) in [5.74, 6) is -2.69. The molecule has 0 unspecified atom stereocenters. The number of carboxylic acids is 1. The molecule has 0 fully saturated rings. The number of carboxylic acid groups (broad SMARTS) is 1. The summed E-state index contributed by atoms with van der Waals surface area (Å²) in [5.41, 5.74) is 2.33. The summed E-state index contributed by atoms with van der Waals surface area (Å²) >= 11 is 0. The SMILES string of the molecule is Cc1c(Cc2ccc(=O)n(Cc3cc(F)ccc3F)c2)c2cc(F)ccc2n1CC(=O)O. The standard InChI is InChI=1S/C24H19F3N2O3/c1-14-19(20-10-18(26)4-6-22(20)29(14)13-24(31)32)8-15-2-7-23(30)28(11-15)12-16-9-17(25)3-5-21(16)27/h2-7,9-11H,8,12-13H2,1H3,(H,31,32). The van der Waals surface area contributed by atoms with E-state index in [-0.39, 0.29) is 24.2 Å². The summed E-state index contributed by atoms with van der Waals surface area (Å²) < 4.78 is 44.4. The average molecular weight is 440 g/mol. The van der Waals surface area contributed by atoms with Crippen LogP contribution in [0.1, 0.15) is 22.4 Å². The predicted molar refractivity (Wildman–Crippen MR) is 113 cm³/mol. The lowest BCUT2D eigenvalue weighted by atomic mass is 10.0. The predicted octanol–water partition coefficient (Wildman–Crippen LogP) is 4.25. The summed E-state index contributed by atoms with van der Waals surface area (Å²) in [6.45, 7) is 1.34. The number of rotatable bonds is 6. The van der Waals surface area contributed by atoms with Gasteiger partial charge in [0.1, 0.15) is 24.0 Å². The third-order valence-corrected chi connectivity index (χ3v) is 5.48. The lowest BCUT2D eigenvalue weighted by Gasteiger charge is -2.10. The maximum Gasteiger partial charge on any atom is 0.323 e. The molecular formula is C24H19F3N2O3. The minimum Gasteiger partial charge on any atom is -0.480 e. The Morgan fingerprint density at radius 2 is 1.72 bits per heavy atom. The summed E-state index contributed by atoms with van der Waals surface area (Å²) in [4.78, 5) is 23.6. The van der Waals surface area contributed by atoms with Gasteiger partial charge in [0.05, 0.1) is 6.54 Å². The van der Waals surface area contributed by atoms with Gasteiger partial charge in [-0.05, 0) is 54.4 Å². The number of hydrogen-bond donors (Lipinski definition) is 1. The first-order valence-electron chi connectivity index (χ1n) is 9.85. The van der Waals surface area contributed by atoms with Gasteiger partial charge in [0, 0.05) is 40.8 Å². The Balaban J connectivity index is 1.75. The number of hydrogen-bond acceptors (Lipinski definition) is 2. The molecule has 0 aliphatic heterocycles. The maximum atomic E-state index is 14.0. The van der Waals surface area contributed by atoms with Crippen molar-refractivity contribution in [1.29, 1.82) is 0 Å². The molecule has 0 aliphatic rings. The second-order valence-corrected chi connectivity index (χ2v) is 7.62. The van der Waals surface area contributed by atoms with Crippen molar-refractivity contribution in [3.05, 3.63) is 105 Å². The normalized spacial score (nSPS) is 11.2. The summed E-state index contributed by atoms with van der Waals surface area (Å²) in [7, 11) is 0. The first-order chi connectivity index (χ1) is 15.2. The van der Waals surface area contributed by atoms with Crippen molar-refractivity contribution in [2.45, 2.75) is 26.4 Å². The third-order valence-electron chi connectivity index (χ3n) is 5.48.